The van der Waals surface area contributed by atoms with Crippen LogP contribution in [0.4, 0.5) is 8.78 Å². The maximum Gasteiger partial charge on any atom is 0.130 e. The highest BCUT2D eigenvalue weighted by molar-refractivity contribution is 5.18. The second kappa shape index (κ2) is 5.78. The fourth-order valence-corrected chi connectivity index (χ4v) is 1.20. The monoisotopic (exact) mass is 215 g/mol. The molecule has 0 saturated heterocycles. The third-order valence-corrected chi connectivity index (χ3v) is 2.07. The van der Waals surface area contributed by atoms with Gasteiger partial charge in [0, 0.05) is 18.2 Å². The molecule has 0 aliphatic rings. The van der Waals surface area contributed by atoms with Crippen molar-refractivity contribution in [3.05, 3.63) is 35.4 Å². The average molecular weight is 215 g/mol. The topological polar surface area (TPSA) is 32.3 Å². The van der Waals surface area contributed by atoms with Crippen LogP contribution in [0.5, 0.6) is 0 Å². The molecule has 1 rings (SSSR count). The fraction of sp³-hybridized carbons (Fsp3) is 0.455. The molecule has 0 spiro atoms. The van der Waals surface area contributed by atoms with Crippen LogP contribution in [-0.4, -0.2) is 17.8 Å². The van der Waals surface area contributed by atoms with Crippen LogP contribution in [0.15, 0.2) is 18.2 Å². The third kappa shape index (κ3) is 4.36. The normalized spacial score (nSPS) is 12.8. The van der Waals surface area contributed by atoms with E-state index in [1.165, 1.54) is 12.1 Å². The molecule has 2 nitrogen and oxygen atoms in total. The zero-order valence-corrected chi connectivity index (χ0v) is 8.63. The maximum absolute atomic E-state index is 13.1. The summed E-state index contributed by atoms with van der Waals surface area (Å²) < 4.78 is 25.7. The Labute approximate surface area is 87.9 Å². The Morgan fingerprint density at radius 1 is 1.40 bits per heavy atom. The summed E-state index contributed by atoms with van der Waals surface area (Å²) in [5.41, 5.74) is 0.432. The smallest absolute Gasteiger partial charge is 0.130 e. The fourth-order valence-electron chi connectivity index (χ4n) is 1.20. The summed E-state index contributed by atoms with van der Waals surface area (Å²) in [6.07, 6.45) is 0.249. The maximum atomic E-state index is 13.1. The minimum absolute atomic E-state index is 0.346. The lowest BCUT2D eigenvalue weighted by atomic mass is 10.2. The van der Waals surface area contributed by atoms with Gasteiger partial charge in [-0.3, -0.25) is 0 Å². The Hall–Kier alpha value is -1.00. The highest BCUT2D eigenvalue weighted by Gasteiger charge is 2.03. The van der Waals surface area contributed by atoms with Crippen molar-refractivity contribution < 1.29 is 13.9 Å². The van der Waals surface area contributed by atoms with Crippen molar-refractivity contribution >= 4 is 0 Å². The molecule has 0 saturated carbocycles. The van der Waals surface area contributed by atoms with Gasteiger partial charge in [-0.1, -0.05) is 6.07 Å². The van der Waals surface area contributed by atoms with Crippen LogP contribution < -0.4 is 5.32 Å². The summed E-state index contributed by atoms with van der Waals surface area (Å²) in [6, 6.07) is 3.51. The Kier molecular flexibility index (Phi) is 4.65. The van der Waals surface area contributed by atoms with E-state index in [0.717, 1.165) is 6.07 Å². The van der Waals surface area contributed by atoms with Crippen LogP contribution in [-0.2, 0) is 6.54 Å². The van der Waals surface area contributed by atoms with Gasteiger partial charge in [0.1, 0.15) is 11.6 Å². The van der Waals surface area contributed by atoms with Crippen molar-refractivity contribution in [2.24, 2.45) is 0 Å². The summed E-state index contributed by atoms with van der Waals surface area (Å²) in [7, 11) is 0. The number of aliphatic hydroxyl groups excluding tert-OH is 1. The van der Waals surface area contributed by atoms with Gasteiger partial charge in [-0.05, 0) is 26.0 Å². The third-order valence-electron chi connectivity index (χ3n) is 2.07. The molecule has 0 aromatic heterocycles. The molecule has 0 heterocycles. The number of rotatable bonds is 5. The van der Waals surface area contributed by atoms with Crippen LogP contribution in [0, 0.1) is 11.6 Å². The van der Waals surface area contributed by atoms with Gasteiger partial charge in [-0.2, -0.15) is 0 Å². The van der Waals surface area contributed by atoms with Crippen molar-refractivity contribution in [3.63, 3.8) is 0 Å². The van der Waals surface area contributed by atoms with E-state index in [9.17, 15) is 8.78 Å². The first-order valence-electron chi connectivity index (χ1n) is 4.92. The lowest BCUT2D eigenvalue weighted by Gasteiger charge is -2.07. The number of benzene rings is 1. The van der Waals surface area contributed by atoms with Crippen molar-refractivity contribution in [2.75, 3.05) is 6.54 Å². The molecule has 0 radical (unpaired) electrons. The molecule has 4 heteroatoms. The second-order valence-electron chi connectivity index (χ2n) is 3.55. The van der Waals surface area contributed by atoms with E-state index in [1.54, 1.807) is 6.92 Å². The molecule has 0 aliphatic heterocycles. The first-order chi connectivity index (χ1) is 7.09. The predicted octanol–water partition coefficient (Wildman–Crippen LogP) is 1.83. The minimum Gasteiger partial charge on any atom is -0.393 e. The molecule has 0 bridgehead atoms. The van der Waals surface area contributed by atoms with Crippen LogP contribution in [0.3, 0.4) is 0 Å². The van der Waals surface area contributed by atoms with E-state index in [4.69, 9.17) is 5.11 Å². The Bertz CT molecular complexity index is 315. The highest BCUT2D eigenvalue weighted by Crippen LogP contribution is 2.08. The summed E-state index contributed by atoms with van der Waals surface area (Å²) in [5, 5.41) is 11.9. The lowest BCUT2D eigenvalue weighted by Crippen LogP contribution is -2.19. The van der Waals surface area contributed by atoms with Crippen LogP contribution in [0.1, 0.15) is 18.9 Å². The van der Waals surface area contributed by atoms with Gasteiger partial charge >= 0.3 is 0 Å². The first kappa shape index (κ1) is 12.1. The van der Waals surface area contributed by atoms with Crippen molar-refractivity contribution in [1.82, 2.24) is 5.32 Å². The molecule has 0 fully saturated rings. The van der Waals surface area contributed by atoms with Gasteiger partial charge in [0.15, 0.2) is 0 Å². The van der Waals surface area contributed by atoms with E-state index in [0.29, 0.717) is 25.1 Å². The molecule has 1 aromatic carbocycles. The molecule has 2 N–H and O–H groups in total. The molecular formula is C11H15F2NO. The Balaban J connectivity index is 2.37. The van der Waals surface area contributed by atoms with Crippen LogP contribution >= 0.6 is 0 Å². The highest BCUT2D eigenvalue weighted by atomic mass is 19.1. The molecule has 1 atom stereocenters. The standard InChI is InChI=1S/C11H15F2NO/c1-8(15)4-5-14-7-9-2-3-10(12)6-11(9)13/h2-3,6,8,14-15H,4-5,7H2,1H3. The zero-order valence-electron chi connectivity index (χ0n) is 8.63. The number of hydrogen-bond donors (Lipinski definition) is 2. The van der Waals surface area contributed by atoms with E-state index in [2.05, 4.69) is 5.32 Å². The quantitative estimate of drug-likeness (QED) is 0.734. The zero-order chi connectivity index (χ0) is 11.3. The van der Waals surface area contributed by atoms with Gasteiger partial charge in [0.25, 0.3) is 0 Å². The Morgan fingerprint density at radius 2 is 2.13 bits per heavy atom. The lowest BCUT2D eigenvalue weighted by molar-refractivity contribution is 0.183. The average Bonchev–Trinajstić information content (AvgIpc) is 2.14. The van der Waals surface area contributed by atoms with Crippen molar-refractivity contribution in [2.45, 2.75) is 26.0 Å². The van der Waals surface area contributed by atoms with Crippen molar-refractivity contribution in [1.29, 1.82) is 0 Å². The van der Waals surface area contributed by atoms with Gasteiger partial charge in [0.2, 0.25) is 0 Å². The first-order valence-corrected chi connectivity index (χ1v) is 4.92. The SMILES string of the molecule is CC(O)CCNCc1ccc(F)cc1F. The van der Waals surface area contributed by atoms with E-state index in [-0.39, 0.29) is 6.10 Å². The van der Waals surface area contributed by atoms with Gasteiger partial charge in [0.05, 0.1) is 6.10 Å². The largest absolute Gasteiger partial charge is 0.393 e. The van der Waals surface area contributed by atoms with E-state index in [1.807, 2.05) is 0 Å². The molecular weight excluding hydrogens is 200 g/mol. The molecule has 84 valence electrons. The minimum atomic E-state index is -0.569. The number of nitrogens with one attached hydrogen (secondary N) is 1. The van der Waals surface area contributed by atoms with Gasteiger partial charge in [-0.25, -0.2) is 8.78 Å². The molecule has 1 unspecified atom stereocenters. The number of hydrogen-bond acceptors (Lipinski definition) is 2. The second-order valence-corrected chi connectivity index (χ2v) is 3.55. The molecule has 1 aromatic rings. The van der Waals surface area contributed by atoms with E-state index < -0.39 is 11.6 Å². The summed E-state index contributed by atoms with van der Waals surface area (Å²) >= 11 is 0. The van der Waals surface area contributed by atoms with Crippen molar-refractivity contribution in [3.8, 4) is 0 Å². The van der Waals surface area contributed by atoms with Gasteiger partial charge in [-0.15, -0.1) is 0 Å². The summed E-state index contributed by atoms with van der Waals surface area (Å²) in [6.45, 7) is 2.65. The molecule has 0 amide bonds. The van der Waals surface area contributed by atoms with E-state index >= 15 is 0 Å². The van der Waals surface area contributed by atoms with Crippen LogP contribution in [0.2, 0.25) is 0 Å². The number of aliphatic hydroxyl groups is 1. The van der Waals surface area contributed by atoms with Crippen LogP contribution in [0.25, 0.3) is 0 Å². The predicted molar refractivity (Wildman–Crippen MR) is 54.4 cm³/mol. The summed E-state index contributed by atoms with van der Waals surface area (Å²) in [4.78, 5) is 0. The molecule has 15 heavy (non-hydrogen) atoms. The Morgan fingerprint density at radius 3 is 2.73 bits per heavy atom. The molecule has 0 aliphatic carbocycles. The van der Waals surface area contributed by atoms with Gasteiger partial charge < -0.3 is 10.4 Å². The number of halogens is 2. The summed E-state index contributed by atoms with van der Waals surface area (Å²) in [5.74, 6) is -1.11.